The maximum Gasteiger partial charge on any atom is 0.370 e. The van der Waals surface area contributed by atoms with Gasteiger partial charge in [-0.05, 0) is 32.5 Å². The lowest BCUT2D eigenvalue weighted by Crippen LogP contribution is -2.04. The van der Waals surface area contributed by atoms with Crippen molar-refractivity contribution in [3.05, 3.63) is 31.0 Å². The molecule has 0 amide bonds. The molecule has 0 saturated heterocycles. The Labute approximate surface area is 96.4 Å². The minimum Gasteiger partial charge on any atom is -0.391 e. The molecule has 15 heavy (non-hydrogen) atoms. The predicted molar refractivity (Wildman–Crippen MR) is 54.5 cm³/mol. The monoisotopic (exact) mass is 330 g/mol. The molecule has 0 bridgehead atoms. The first-order chi connectivity index (χ1) is 6.97. The zero-order valence-electron chi connectivity index (χ0n) is 7.15. The maximum atomic E-state index is 12.3. The second-order valence-corrected chi connectivity index (χ2v) is 3.71. The number of rotatable bonds is 3. The molecule has 1 aromatic rings. The van der Waals surface area contributed by atoms with E-state index >= 15 is 0 Å². The second kappa shape index (κ2) is 4.75. The molecule has 8 heteroatoms. The van der Waals surface area contributed by atoms with E-state index in [1.54, 1.807) is 22.6 Å². The molecular weight excluding hydrogens is 325 g/mol. The van der Waals surface area contributed by atoms with Gasteiger partial charge in [-0.3, -0.25) is 0 Å². The molecule has 82 valence electrons. The number of hydrogen-bond donors (Lipinski definition) is 1. The SMILES string of the molecule is O=[N+]([O-])c1nc(C(F)F)cc(I)c1CO. The first kappa shape index (κ1) is 12.2. The van der Waals surface area contributed by atoms with Gasteiger partial charge in [0, 0.05) is 9.64 Å². The summed E-state index contributed by atoms with van der Waals surface area (Å²) in [6.45, 7) is -0.606. The molecule has 0 aliphatic heterocycles. The third-order valence-electron chi connectivity index (χ3n) is 1.62. The van der Waals surface area contributed by atoms with Crippen molar-refractivity contribution in [1.29, 1.82) is 0 Å². The smallest absolute Gasteiger partial charge is 0.370 e. The van der Waals surface area contributed by atoms with Gasteiger partial charge in [0.2, 0.25) is 5.69 Å². The van der Waals surface area contributed by atoms with E-state index in [2.05, 4.69) is 4.98 Å². The predicted octanol–water partition coefficient (Wildman–Crippen LogP) is 2.02. The van der Waals surface area contributed by atoms with Crippen LogP contribution in [0.2, 0.25) is 0 Å². The molecule has 0 radical (unpaired) electrons. The third-order valence-corrected chi connectivity index (χ3v) is 2.58. The first-order valence-electron chi connectivity index (χ1n) is 3.70. The summed E-state index contributed by atoms with van der Waals surface area (Å²) in [5.74, 6) is -0.722. The molecule has 1 aromatic heterocycles. The van der Waals surface area contributed by atoms with Gasteiger partial charge < -0.3 is 15.2 Å². The number of hydrogen-bond acceptors (Lipinski definition) is 4. The molecule has 0 saturated carbocycles. The van der Waals surface area contributed by atoms with Crippen molar-refractivity contribution >= 4 is 28.4 Å². The van der Waals surface area contributed by atoms with Gasteiger partial charge in [-0.25, -0.2) is 8.78 Å². The van der Waals surface area contributed by atoms with Crippen LogP contribution < -0.4 is 0 Å². The Bertz CT molecular complexity index is 400. The summed E-state index contributed by atoms with van der Waals surface area (Å²) in [6, 6.07) is 1.02. The number of alkyl halides is 2. The molecule has 0 spiro atoms. The number of pyridine rings is 1. The van der Waals surface area contributed by atoms with Crippen molar-refractivity contribution in [3.8, 4) is 0 Å². The van der Waals surface area contributed by atoms with Crippen molar-refractivity contribution in [2.45, 2.75) is 13.0 Å². The van der Waals surface area contributed by atoms with Gasteiger partial charge in [-0.1, -0.05) is 0 Å². The molecule has 0 aliphatic rings. The Morgan fingerprint density at radius 2 is 2.27 bits per heavy atom. The molecule has 1 N–H and O–H groups in total. The molecule has 0 unspecified atom stereocenters. The molecule has 0 aliphatic carbocycles. The lowest BCUT2D eigenvalue weighted by Gasteiger charge is -2.03. The first-order valence-corrected chi connectivity index (χ1v) is 4.78. The lowest BCUT2D eigenvalue weighted by atomic mass is 10.2. The summed E-state index contributed by atoms with van der Waals surface area (Å²) >= 11 is 1.64. The highest BCUT2D eigenvalue weighted by Crippen LogP contribution is 2.27. The van der Waals surface area contributed by atoms with E-state index in [4.69, 9.17) is 5.11 Å². The Morgan fingerprint density at radius 3 is 2.67 bits per heavy atom. The van der Waals surface area contributed by atoms with Crippen LogP contribution in [0, 0.1) is 13.7 Å². The topological polar surface area (TPSA) is 76.3 Å². The van der Waals surface area contributed by atoms with Crippen LogP contribution in [0.4, 0.5) is 14.6 Å². The summed E-state index contributed by atoms with van der Waals surface area (Å²) in [5, 5.41) is 19.3. The minimum absolute atomic E-state index is 0.0509. The quantitative estimate of drug-likeness (QED) is 0.523. The number of aliphatic hydroxyl groups excluding tert-OH is 1. The van der Waals surface area contributed by atoms with Crippen LogP contribution in [0.5, 0.6) is 0 Å². The largest absolute Gasteiger partial charge is 0.391 e. The number of aliphatic hydroxyl groups is 1. The zero-order chi connectivity index (χ0) is 11.6. The van der Waals surface area contributed by atoms with Crippen molar-refractivity contribution in [2.75, 3.05) is 0 Å². The van der Waals surface area contributed by atoms with Crippen molar-refractivity contribution in [3.63, 3.8) is 0 Å². The zero-order valence-corrected chi connectivity index (χ0v) is 9.31. The highest BCUT2D eigenvalue weighted by molar-refractivity contribution is 14.1. The summed E-state index contributed by atoms with van der Waals surface area (Å²) in [4.78, 5) is 12.8. The Kier molecular flexibility index (Phi) is 3.85. The number of halogens is 3. The molecular formula is C7H5F2IN2O3. The van der Waals surface area contributed by atoms with Crippen molar-refractivity contribution < 1.29 is 18.8 Å². The molecule has 0 aromatic carbocycles. The summed E-state index contributed by atoms with van der Waals surface area (Å²) in [6.07, 6.45) is -2.87. The fourth-order valence-electron chi connectivity index (χ4n) is 0.955. The van der Waals surface area contributed by atoms with Gasteiger partial charge in [-0.15, -0.1) is 0 Å². The lowest BCUT2D eigenvalue weighted by molar-refractivity contribution is -0.390. The third kappa shape index (κ3) is 2.56. The summed E-state index contributed by atoms with van der Waals surface area (Å²) in [7, 11) is 0. The van der Waals surface area contributed by atoms with Gasteiger partial charge >= 0.3 is 12.2 Å². The number of nitrogens with zero attached hydrogens (tertiary/aromatic N) is 2. The van der Waals surface area contributed by atoms with Gasteiger partial charge in [0.05, 0.1) is 12.2 Å². The minimum atomic E-state index is -2.87. The van der Waals surface area contributed by atoms with Crippen LogP contribution >= 0.6 is 22.6 Å². The van der Waals surface area contributed by atoms with E-state index < -0.39 is 29.5 Å². The van der Waals surface area contributed by atoms with Crippen LogP contribution in [0.25, 0.3) is 0 Å². The van der Waals surface area contributed by atoms with Crippen LogP contribution in [-0.2, 0) is 6.61 Å². The Morgan fingerprint density at radius 1 is 1.67 bits per heavy atom. The average Bonchev–Trinajstić information content (AvgIpc) is 2.16. The van der Waals surface area contributed by atoms with Crippen LogP contribution in [0.3, 0.4) is 0 Å². The maximum absolute atomic E-state index is 12.3. The number of aromatic nitrogens is 1. The van der Waals surface area contributed by atoms with Crippen LogP contribution in [0.1, 0.15) is 17.7 Å². The highest BCUT2D eigenvalue weighted by Gasteiger charge is 2.24. The van der Waals surface area contributed by atoms with E-state index in [0.29, 0.717) is 0 Å². The van der Waals surface area contributed by atoms with E-state index in [1.165, 1.54) is 0 Å². The normalized spacial score (nSPS) is 10.7. The van der Waals surface area contributed by atoms with Gasteiger partial charge in [-0.2, -0.15) is 0 Å². The fourth-order valence-corrected chi connectivity index (χ4v) is 1.69. The van der Waals surface area contributed by atoms with Crippen molar-refractivity contribution in [1.82, 2.24) is 4.98 Å². The van der Waals surface area contributed by atoms with Gasteiger partial charge in [0.25, 0.3) is 0 Å². The van der Waals surface area contributed by atoms with E-state index in [9.17, 15) is 18.9 Å². The molecule has 0 atom stereocenters. The Hall–Kier alpha value is -0.900. The molecule has 1 heterocycles. The number of nitro groups is 1. The van der Waals surface area contributed by atoms with E-state index in [0.717, 1.165) is 6.07 Å². The summed E-state index contributed by atoms with van der Waals surface area (Å²) < 4.78 is 24.8. The standard InChI is InChI=1S/C7H5F2IN2O3/c8-6(9)5-1-4(10)3(2-13)7(11-5)12(14)15/h1,6,13H,2H2. The van der Waals surface area contributed by atoms with E-state index in [1.807, 2.05) is 0 Å². The van der Waals surface area contributed by atoms with Crippen LogP contribution in [-0.4, -0.2) is 15.0 Å². The highest BCUT2D eigenvalue weighted by atomic mass is 127. The molecule has 5 nitrogen and oxygen atoms in total. The van der Waals surface area contributed by atoms with Gasteiger partial charge in [0.15, 0.2) is 0 Å². The van der Waals surface area contributed by atoms with Gasteiger partial charge in [0.1, 0.15) is 0 Å². The second-order valence-electron chi connectivity index (χ2n) is 2.55. The Balaban J connectivity index is 3.38. The average molecular weight is 330 g/mol. The molecule has 1 rings (SSSR count). The summed E-state index contributed by atoms with van der Waals surface area (Å²) in [5.41, 5.74) is -0.715. The molecule has 0 fully saturated rings. The van der Waals surface area contributed by atoms with Crippen LogP contribution in [0.15, 0.2) is 6.07 Å². The van der Waals surface area contributed by atoms with E-state index in [-0.39, 0.29) is 9.13 Å². The fraction of sp³-hybridized carbons (Fsp3) is 0.286. The van der Waals surface area contributed by atoms with Crippen molar-refractivity contribution in [2.24, 2.45) is 0 Å².